The van der Waals surface area contributed by atoms with Crippen molar-refractivity contribution in [3.63, 3.8) is 0 Å². The lowest BCUT2D eigenvalue weighted by Crippen LogP contribution is -2.30. The predicted octanol–water partition coefficient (Wildman–Crippen LogP) is 14.4. The second kappa shape index (κ2) is 16.8. The van der Waals surface area contributed by atoms with Crippen LogP contribution in [0.15, 0.2) is 231 Å². The van der Waals surface area contributed by atoms with Crippen LogP contribution in [0.5, 0.6) is 11.5 Å². The van der Waals surface area contributed by atoms with Gasteiger partial charge in [0.25, 0.3) is 0 Å². The third kappa shape index (κ3) is 6.98. The van der Waals surface area contributed by atoms with Crippen molar-refractivity contribution in [2.24, 2.45) is 0 Å². The van der Waals surface area contributed by atoms with Gasteiger partial charge in [0.05, 0.1) is 16.8 Å². The van der Waals surface area contributed by atoms with E-state index in [-0.39, 0.29) is 22.9 Å². The molecule has 4 heteroatoms. The number of nitrogens with two attached hydrogens (primary N) is 2. The van der Waals surface area contributed by atoms with Crippen LogP contribution in [-0.2, 0) is 5.41 Å². The van der Waals surface area contributed by atoms with Crippen LogP contribution in [0, 0.1) is 11.8 Å². The first-order chi connectivity index (χ1) is 32.9. The number of nitrogen functional groups attached to an aromatic ring is 2. The SMILES string of the molecule is Nc1cc(C2(c3cc(N)c(O)c(-c4ccccc4)c3)c3cc(-c4ccccc4)cc(-c4ccccc4)c3-c3c(-c4ccccc4)ccc(C#Cc4ccccc4)c32)cc(-c2ccccc2)c1O. The van der Waals surface area contributed by atoms with Crippen LogP contribution >= 0.6 is 0 Å². The molecule has 0 atom stereocenters. The number of phenols is 2. The van der Waals surface area contributed by atoms with E-state index in [9.17, 15) is 10.2 Å². The molecule has 1 aliphatic rings. The highest BCUT2D eigenvalue weighted by molar-refractivity contribution is 6.05. The minimum Gasteiger partial charge on any atom is -0.505 e. The zero-order valence-corrected chi connectivity index (χ0v) is 36.5. The molecule has 318 valence electrons. The van der Waals surface area contributed by atoms with Gasteiger partial charge in [-0.25, -0.2) is 0 Å². The minimum atomic E-state index is -1.23. The first kappa shape index (κ1) is 40.7. The zero-order valence-electron chi connectivity index (χ0n) is 36.5. The summed E-state index contributed by atoms with van der Waals surface area (Å²) < 4.78 is 0. The molecule has 0 saturated carbocycles. The van der Waals surface area contributed by atoms with Gasteiger partial charge in [0, 0.05) is 22.3 Å². The predicted molar refractivity (Wildman–Crippen MR) is 276 cm³/mol. The Morgan fingerprint density at radius 1 is 0.343 bits per heavy atom. The Bertz CT molecular complexity index is 3430. The molecule has 10 aromatic rings. The highest BCUT2D eigenvalue weighted by Gasteiger charge is 2.51. The average molecular weight is 861 g/mol. The van der Waals surface area contributed by atoms with E-state index >= 15 is 0 Å². The van der Waals surface area contributed by atoms with E-state index in [1.807, 2.05) is 121 Å². The third-order valence-corrected chi connectivity index (χ3v) is 13.1. The normalized spacial score (nSPS) is 12.1. The van der Waals surface area contributed by atoms with E-state index in [0.29, 0.717) is 11.1 Å². The molecule has 0 fully saturated rings. The van der Waals surface area contributed by atoms with E-state index in [1.54, 1.807) is 0 Å². The molecule has 11 rings (SSSR count). The van der Waals surface area contributed by atoms with Gasteiger partial charge in [-0.2, -0.15) is 0 Å². The van der Waals surface area contributed by atoms with Gasteiger partial charge in [0.1, 0.15) is 11.5 Å². The highest BCUT2D eigenvalue weighted by Crippen LogP contribution is 2.63. The molecule has 0 radical (unpaired) electrons. The minimum absolute atomic E-state index is 0.0103. The quantitative estimate of drug-likeness (QED) is 0.0730. The van der Waals surface area contributed by atoms with E-state index < -0.39 is 5.41 Å². The van der Waals surface area contributed by atoms with Gasteiger partial charge in [0.2, 0.25) is 0 Å². The lowest BCUT2D eigenvalue weighted by atomic mass is 9.65. The van der Waals surface area contributed by atoms with Gasteiger partial charge in [0.15, 0.2) is 0 Å². The summed E-state index contributed by atoms with van der Waals surface area (Å²) in [4.78, 5) is 0. The number of benzene rings is 10. The molecule has 6 N–H and O–H groups in total. The molecule has 0 unspecified atom stereocenters. The van der Waals surface area contributed by atoms with Crippen LogP contribution in [0.1, 0.15) is 33.4 Å². The molecule has 0 aliphatic heterocycles. The maximum Gasteiger partial charge on any atom is 0.146 e. The summed E-state index contributed by atoms with van der Waals surface area (Å²) in [6.45, 7) is 0. The molecule has 0 aromatic heterocycles. The molecule has 0 bridgehead atoms. The molecule has 0 saturated heterocycles. The van der Waals surface area contributed by atoms with Crippen LogP contribution in [0.4, 0.5) is 11.4 Å². The number of phenolic OH excluding ortho intramolecular Hbond substituents is 2. The summed E-state index contributed by atoms with van der Waals surface area (Å²) in [5.74, 6) is 7.22. The largest absolute Gasteiger partial charge is 0.505 e. The van der Waals surface area contributed by atoms with Crippen LogP contribution < -0.4 is 11.5 Å². The summed E-state index contributed by atoms with van der Waals surface area (Å²) >= 11 is 0. The fourth-order valence-corrected chi connectivity index (χ4v) is 10.0. The molecule has 4 nitrogen and oxygen atoms in total. The van der Waals surface area contributed by atoms with Gasteiger partial charge in [-0.3, -0.25) is 0 Å². The summed E-state index contributed by atoms with van der Waals surface area (Å²) in [5, 5.41) is 24.0. The van der Waals surface area contributed by atoms with Crippen LogP contribution in [-0.4, -0.2) is 10.2 Å². The Hall–Kier alpha value is -9.04. The summed E-state index contributed by atoms with van der Waals surface area (Å²) in [6.07, 6.45) is 0. The lowest BCUT2D eigenvalue weighted by Gasteiger charge is -2.36. The zero-order chi connectivity index (χ0) is 45.5. The van der Waals surface area contributed by atoms with E-state index in [2.05, 4.69) is 121 Å². The summed E-state index contributed by atoms with van der Waals surface area (Å²) in [7, 11) is 0. The third-order valence-electron chi connectivity index (χ3n) is 13.1. The van der Waals surface area contributed by atoms with Crippen molar-refractivity contribution in [2.45, 2.75) is 5.41 Å². The highest BCUT2D eigenvalue weighted by atomic mass is 16.3. The number of hydrogen-bond acceptors (Lipinski definition) is 4. The standard InChI is InChI=1S/C63H44N2O2/c64-56-39-49(37-53(61(56)66)45-27-15-5-16-28-45)63(50-38-54(62(67)57(65)40-50)46-29-17-6-18-30-46)55-36-48(42-21-9-2-10-22-42)35-52(44-25-13-4-14-26-44)58(55)59-51(43-23-11-3-12-24-43)34-33-47(60(59)63)32-31-41-19-7-1-8-20-41/h1-30,33-40,66-67H,64-65H2. The van der Waals surface area contributed by atoms with Gasteiger partial charge in [-0.05, 0) is 132 Å². The Morgan fingerprint density at radius 3 is 1.24 bits per heavy atom. The van der Waals surface area contributed by atoms with Crippen molar-refractivity contribution in [3.05, 3.63) is 264 Å². The van der Waals surface area contributed by atoms with E-state index in [0.717, 1.165) is 89.0 Å². The number of aromatic hydroxyl groups is 2. The van der Waals surface area contributed by atoms with Crippen molar-refractivity contribution in [1.82, 2.24) is 0 Å². The maximum absolute atomic E-state index is 12.0. The van der Waals surface area contributed by atoms with Crippen LogP contribution in [0.3, 0.4) is 0 Å². The first-order valence-corrected chi connectivity index (χ1v) is 22.4. The molecular formula is C63H44N2O2. The fourth-order valence-electron chi connectivity index (χ4n) is 10.0. The fraction of sp³-hybridized carbons (Fsp3) is 0.0159. The van der Waals surface area contributed by atoms with Gasteiger partial charge in [-0.15, -0.1) is 0 Å². The molecule has 0 heterocycles. The number of fused-ring (bicyclic) bond motifs is 3. The summed E-state index contributed by atoms with van der Waals surface area (Å²) in [6, 6.07) is 78.2. The van der Waals surface area contributed by atoms with Crippen molar-refractivity contribution < 1.29 is 10.2 Å². The molecular weight excluding hydrogens is 817 g/mol. The number of anilines is 2. The Morgan fingerprint density at radius 2 is 0.761 bits per heavy atom. The lowest BCUT2D eigenvalue weighted by molar-refractivity contribution is 0.479. The van der Waals surface area contributed by atoms with Crippen LogP contribution in [0.25, 0.3) is 66.8 Å². The van der Waals surface area contributed by atoms with Crippen molar-refractivity contribution >= 4 is 11.4 Å². The smallest absolute Gasteiger partial charge is 0.146 e. The van der Waals surface area contributed by atoms with Crippen LogP contribution in [0.2, 0.25) is 0 Å². The maximum atomic E-state index is 12.0. The Labute approximate surface area is 390 Å². The second-order valence-corrected chi connectivity index (χ2v) is 17.0. The number of hydrogen-bond donors (Lipinski definition) is 4. The average Bonchev–Trinajstić information content (AvgIpc) is 3.70. The Balaban J connectivity index is 1.41. The van der Waals surface area contributed by atoms with Crippen molar-refractivity contribution in [1.29, 1.82) is 0 Å². The van der Waals surface area contributed by atoms with E-state index in [1.165, 1.54) is 0 Å². The van der Waals surface area contributed by atoms with Crippen molar-refractivity contribution in [3.8, 4) is 90.1 Å². The van der Waals surface area contributed by atoms with Gasteiger partial charge in [-0.1, -0.05) is 188 Å². The second-order valence-electron chi connectivity index (χ2n) is 17.0. The topological polar surface area (TPSA) is 92.5 Å². The molecule has 67 heavy (non-hydrogen) atoms. The first-order valence-electron chi connectivity index (χ1n) is 22.4. The molecule has 0 amide bonds. The molecule has 1 aliphatic carbocycles. The Kier molecular flexibility index (Phi) is 10.2. The van der Waals surface area contributed by atoms with Gasteiger partial charge < -0.3 is 21.7 Å². The molecule has 0 spiro atoms. The monoisotopic (exact) mass is 860 g/mol. The van der Waals surface area contributed by atoms with E-state index in [4.69, 9.17) is 11.5 Å². The summed E-state index contributed by atoms with van der Waals surface area (Å²) in [5.41, 5.74) is 29.6. The van der Waals surface area contributed by atoms with Gasteiger partial charge >= 0.3 is 0 Å². The number of rotatable bonds is 7. The van der Waals surface area contributed by atoms with Crippen molar-refractivity contribution in [2.75, 3.05) is 11.5 Å². The molecule has 10 aromatic carbocycles.